The smallest absolute Gasteiger partial charge is 0.275 e. The zero-order valence-electron chi connectivity index (χ0n) is 10.3. The Morgan fingerprint density at radius 3 is 2.30 bits per heavy atom. The van der Waals surface area contributed by atoms with Crippen LogP contribution in [-0.4, -0.2) is 26.5 Å². The number of allylic oxidation sites excluding steroid dienone is 2. The number of carbonyl (C=O) groups is 2. The number of halogens is 2. The molecule has 0 N–H and O–H groups in total. The van der Waals surface area contributed by atoms with E-state index in [1.54, 1.807) is 24.3 Å². The first-order chi connectivity index (χ1) is 9.59. The van der Waals surface area contributed by atoms with E-state index in [9.17, 15) is 18.4 Å². The highest BCUT2D eigenvalue weighted by Gasteiger charge is 2.45. The minimum Gasteiger partial charge on any atom is -0.275 e. The lowest BCUT2D eigenvalue weighted by atomic mass is 9.91. The van der Waals surface area contributed by atoms with Gasteiger partial charge in [-0.05, 0) is 6.07 Å². The topological polar surface area (TPSA) is 55.2 Å². The first-order valence-corrected chi connectivity index (χ1v) is 6.10. The van der Waals surface area contributed by atoms with Crippen LogP contribution in [0.5, 0.6) is 0 Å². The maximum absolute atomic E-state index is 12.7. The molecule has 5 nitrogen and oxygen atoms in total. The largest absolute Gasteiger partial charge is 0.333 e. The zero-order valence-corrected chi connectivity index (χ0v) is 10.3. The lowest BCUT2D eigenvalue weighted by molar-refractivity contribution is -0.140. The molecular weight excluding hydrogens is 268 g/mol. The van der Waals surface area contributed by atoms with E-state index in [1.807, 2.05) is 0 Å². The minimum absolute atomic E-state index is 0.133. The van der Waals surface area contributed by atoms with Crippen molar-refractivity contribution in [3.63, 3.8) is 0 Å². The molecule has 1 aliphatic heterocycles. The van der Waals surface area contributed by atoms with Crippen molar-refractivity contribution in [3.05, 3.63) is 42.3 Å². The summed E-state index contributed by atoms with van der Waals surface area (Å²) in [7, 11) is 0. The number of likely N-dealkylation sites (tertiary alicyclic amines) is 1. The zero-order chi connectivity index (χ0) is 14.3. The molecule has 0 aromatic carbocycles. The Kier molecular flexibility index (Phi) is 2.96. The Hall–Kier alpha value is -2.31. The molecule has 20 heavy (non-hydrogen) atoms. The van der Waals surface area contributed by atoms with Crippen molar-refractivity contribution >= 4 is 11.8 Å². The van der Waals surface area contributed by atoms with E-state index in [-0.39, 0.29) is 24.1 Å². The molecule has 2 atom stereocenters. The van der Waals surface area contributed by atoms with E-state index < -0.39 is 18.4 Å². The average molecular weight is 279 g/mol. The average Bonchev–Trinajstić information content (AvgIpc) is 2.99. The van der Waals surface area contributed by atoms with E-state index >= 15 is 0 Å². The number of imide groups is 1. The van der Waals surface area contributed by atoms with Crippen LogP contribution < -0.4 is 0 Å². The molecular formula is C13H11F2N3O2. The molecule has 104 valence electrons. The van der Waals surface area contributed by atoms with E-state index in [2.05, 4.69) is 5.10 Å². The molecule has 1 aromatic heterocycles. The Bertz CT molecular complexity index is 591. The lowest BCUT2D eigenvalue weighted by Crippen LogP contribution is -2.31. The van der Waals surface area contributed by atoms with Gasteiger partial charge in [0.15, 0.2) is 0 Å². The van der Waals surface area contributed by atoms with Crippen LogP contribution in [0.4, 0.5) is 8.78 Å². The van der Waals surface area contributed by atoms with E-state index in [1.165, 1.54) is 12.3 Å². The number of amides is 2. The highest BCUT2D eigenvalue weighted by Crippen LogP contribution is 2.32. The van der Waals surface area contributed by atoms with Crippen molar-refractivity contribution in [2.45, 2.75) is 13.1 Å². The molecule has 0 saturated carbocycles. The maximum Gasteiger partial charge on any atom is 0.333 e. The third-order valence-corrected chi connectivity index (χ3v) is 3.49. The monoisotopic (exact) mass is 279 g/mol. The van der Waals surface area contributed by atoms with Crippen LogP contribution in [0.3, 0.4) is 0 Å². The van der Waals surface area contributed by atoms with Gasteiger partial charge in [0.2, 0.25) is 11.8 Å². The van der Waals surface area contributed by atoms with Crippen molar-refractivity contribution < 1.29 is 18.4 Å². The van der Waals surface area contributed by atoms with Gasteiger partial charge in [-0.2, -0.15) is 13.9 Å². The molecule has 1 saturated heterocycles. The predicted molar refractivity (Wildman–Crippen MR) is 64.3 cm³/mol. The second-order valence-corrected chi connectivity index (χ2v) is 4.63. The van der Waals surface area contributed by atoms with E-state index in [0.29, 0.717) is 4.68 Å². The third kappa shape index (κ3) is 1.86. The summed E-state index contributed by atoms with van der Waals surface area (Å²) >= 11 is 0. The quantitative estimate of drug-likeness (QED) is 0.788. The van der Waals surface area contributed by atoms with Gasteiger partial charge in [0.05, 0.1) is 24.1 Å². The number of hydrogen-bond donors (Lipinski definition) is 0. The molecule has 2 amide bonds. The molecule has 1 fully saturated rings. The molecule has 0 spiro atoms. The number of aromatic nitrogens is 2. The van der Waals surface area contributed by atoms with Crippen LogP contribution in [0.1, 0.15) is 12.2 Å². The fraction of sp³-hybridized carbons (Fsp3) is 0.308. The van der Waals surface area contributed by atoms with Crippen LogP contribution in [-0.2, 0) is 16.1 Å². The van der Waals surface area contributed by atoms with Crippen LogP contribution in [0, 0.1) is 11.8 Å². The summed E-state index contributed by atoms with van der Waals surface area (Å²) in [6, 6.07) is 1.38. The molecule has 2 aliphatic rings. The molecule has 1 aromatic rings. The summed E-state index contributed by atoms with van der Waals surface area (Å²) < 4.78 is 25.9. The number of hydrogen-bond acceptors (Lipinski definition) is 3. The molecule has 0 radical (unpaired) electrons. The fourth-order valence-corrected chi connectivity index (χ4v) is 2.51. The van der Waals surface area contributed by atoms with E-state index in [4.69, 9.17) is 0 Å². The number of alkyl halides is 2. The van der Waals surface area contributed by atoms with Crippen molar-refractivity contribution in [3.8, 4) is 0 Å². The SMILES string of the molecule is O=C1[C@H]2C=CC=C[C@H]2C(=O)N1Cc1ccnn1C(F)F. The summed E-state index contributed by atoms with van der Waals surface area (Å²) in [5, 5.41) is 3.49. The fourth-order valence-electron chi connectivity index (χ4n) is 2.51. The highest BCUT2D eigenvalue weighted by atomic mass is 19.3. The molecule has 3 rings (SSSR count). The van der Waals surface area contributed by atoms with Gasteiger partial charge in [0, 0.05) is 6.20 Å². The summed E-state index contributed by atoms with van der Waals surface area (Å²) in [5.74, 6) is -1.75. The molecule has 2 heterocycles. The molecule has 1 aliphatic carbocycles. The lowest BCUT2D eigenvalue weighted by Gasteiger charge is -2.15. The van der Waals surface area contributed by atoms with Gasteiger partial charge in [-0.15, -0.1) is 0 Å². The first kappa shape index (κ1) is 12.7. The third-order valence-electron chi connectivity index (χ3n) is 3.49. The summed E-state index contributed by atoms with van der Waals surface area (Å²) in [6.45, 7) is -2.98. The molecule has 7 heteroatoms. The van der Waals surface area contributed by atoms with Crippen molar-refractivity contribution in [2.75, 3.05) is 0 Å². The summed E-state index contributed by atoms with van der Waals surface area (Å²) in [4.78, 5) is 25.3. The van der Waals surface area contributed by atoms with Gasteiger partial charge in [0.1, 0.15) is 0 Å². The van der Waals surface area contributed by atoms with Crippen LogP contribution in [0.15, 0.2) is 36.6 Å². The number of carbonyl (C=O) groups excluding carboxylic acids is 2. The number of fused-ring (bicyclic) bond motifs is 1. The highest BCUT2D eigenvalue weighted by molar-refractivity contribution is 6.07. The van der Waals surface area contributed by atoms with Gasteiger partial charge in [-0.25, -0.2) is 4.68 Å². The normalized spacial score (nSPS) is 24.9. The van der Waals surface area contributed by atoms with Gasteiger partial charge < -0.3 is 0 Å². The summed E-state index contributed by atoms with van der Waals surface area (Å²) in [5.41, 5.74) is 0.133. The van der Waals surface area contributed by atoms with Crippen LogP contribution in [0.2, 0.25) is 0 Å². The molecule has 0 bridgehead atoms. The van der Waals surface area contributed by atoms with Gasteiger partial charge in [-0.1, -0.05) is 24.3 Å². The van der Waals surface area contributed by atoms with Gasteiger partial charge in [0.25, 0.3) is 0 Å². The van der Waals surface area contributed by atoms with Crippen LogP contribution in [0.25, 0.3) is 0 Å². The first-order valence-electron chi connectivity index (χ1n) is 6.10. The Morgan fingerprint density at radius 2 is 1.75 bits per heavy atom. The van der Waals surface area contributed by atoms with Crippen molar-refractivity contribution in [1.29, 1.82) is 0 Å². The second-order valence-electron chi connectivity index (χ2n) is 4.63. The second kappa shape index (κ2) is 4.66. The Morgan fingerprint density at radius 1 is 1.15 bits per heavy atom. The van der Waals surface area contributed by atoms with Crippen LogP contribution >= 0.6 is 0 Å². The van der Waals surface area contributed by atoms with Gasteiger partial charge in [-0.3, -0.25) is 14.5 Å². The molecule has 0 unspecified atom stereocenters. The Labute approximate surface area is 113 Å². The number of rotatable bonds is 3. The predicted octanol–water partition coefficient (Wildman–Crippen LogP) is 1.51. The summed E-state index contributed by atoms with van der Waals surface area (Å²) in [6.07, 6.45) is 7.96. The Balaban J connectivity index is 1.86. The van der Waals surface area contributed by atoms with Crippen molar-refractivity contribution in [2.24, 2.45) is 11.8 Å². The van der Waals surface area contributed by atoms with Gasteiger partial charge >= 0.3 is 6.55 Å². The number of nitrogens with zero attached hydrogens (tertiary/aromatic N) is 3. The minimum atomic E-state index is -2.80. The van der Waals surface area contributed by atoms with E-state index in [0.717, 1.165) is 4.90 Å². The maximum atomic E-state index is 12.7. The standard InChI is InChI=1S/C13H11F2N3O2/c14-13(15)18-8(5-6-16-18)7-17-11(19)9-3-1-2-4-10(9)12(17)20/h1-6,9-10,13H,7H2/t9-,10+. The van der Waals surface area contributed by atoms with Crippen molar-refractivity contribution in [1.82, 2.24) is 14.7 Å².